The number of fused-ring (bicyclic) bond motifs is 1. The maximum Gasteiger partial charge on any atom is 0.278 e. The third-order valence-corrected chi connectivity index (χ3v) is 4.89. The number of aryl methyl sites for hydroxylation is 1. The van der Waals surface area contributed by atoms with Gasteiger partial charge in [0, 0.05) is 17.3 Å². The van der Waals surface area contributed by atoms with Gasteiger partial charge in [0.2, 0.25) is 0 Å². The Kier molecular flexibility index (Phi) is 5.12. The minimum absolute atomic E-state index is 0.147. The van der Waals surface area contributed by atoms with Crippen LogP contribution in [0, 0.1) is 0 Å². The summed E-state index contributed by atoms with van der Waals surface area (Å²) in [6.45, 7) is 0.678. The largest absolute Gasteiger partial charge is 0.495 e. The van der Waals surface area contributed by atoms with Gasteiger partial charge in [0.05, 0.1) is 25.2 Å². The Hall–Kier alpha value is -3.12. The number of amides is 1. The summed E-state index contributed by atoms with van der Waals surface area (Å²) in [4.78, 5) is 23.4. The molecule has 1 N–H and O–H groups in total. The summed E-state index contributed by atoms with van der Waals surface area (Å²) in [5.41, 5.74) is 3.11. The third kappa shape index (κ3) is 3.64. The van der Waals surface area contributed by atoms with Crippen LogP contribution in [-0.2, 0) is 6.42 Å². The number of rotatable bonds is 4. The SMILES string of the molecule is COc1ccc(Cl)cc1Nc1cnc(C(=O)N2CCCc3ccccc32)cn1. The van der Waals surface area contributed by atoms with Crippen LogP contribution in [0.15, 0.2) is 54.9 Å². The van der Waals surface area contributed by atoms with Gasteiger partial charge in [-0.2, -0.15) is 0 Å². The van der Waals surface area contributed by atoms with Crippen molar-refractivity contribution < 1.29 is 9.53 Å². The predicted molar refractivity (Wildman–Crippen MR) is 110 cm³/mol. The summed E-state index contributed by atoms with van der Waals surface area (Å²) in [5, 5.41) is 3.69. The molecule has 1 aromatic heterocycles. The number of para-hydroxylation sites is 1. The van der Waals surface area contributed by atoms with Gasteiger partial charge in [-0.25, -0.2) is 9.97 Å². The molecule has 0 saturated heterocycles. The molecule has 0 spiro atoms. The third-order valence-electron chi connectivity index (χ3n) is 4.65. The fraction of sp³-hybridized carbons (Fsp3) is 0.190. The van der Waals surface area contributed by atoms with E-state index in [1.54, 1.807) is 30.2 Å². The lowest BCUT2D eigenvalue weighted by molar-refractivity contribution is 0.0980. The number of carbonyl (C=O) groups is 1. The summed E-state index contributed by atoms with van der Waals surface area (Å²) in [6, 6.07) is 13.2. The number of carbonyl (C=O) groups excluding carboxylic acids is 1. The Morgan fingerprint density at radius 1 is 1.18 bits per heavy atom. The Balaban J connectivity index is 1.54. The van der Waals surface area contributed by atoms with Crippen molar-refractivity contribution in [2.24, 2.45) is 0 Å². The monoisotopic (exact) mass is 394 g/mol. The molecule has 0 unspecified atom stereocenters. The highest BCUT2D eigenvalue weighted by atomic mass is 35.5. The van der Waals surface area contributed by atoms with Gasteiger partial charge in [-0.05, 0) is 42.7 Å². The highest BCUT2D eigenvalue weighted by molar-refractivity contribution is 6.31. The molecule has 4 rings (SSSR count). The van der Waals surface area contributed by atoms with Crippen molar-refractivity contribution in [3.05, 3.63) is 71.1 Å². The van der Waals surface area contributed by atoms with Crippen molar-refractivity contribution in [2.45, 2.75) is 12.8 Å². The number of ether oxygens (including phenoxy) is 1. The number of nitrogens with one attached hydrogen (secondary N) is 1. The van der Waals surface area contributed by atoms with Crippen LogP contribution < -0.4 is 15.0 Å². The lowest BCUT2D eigenvalue weighted by Gasteiger charge is -2.29. The Labute approximate surface area is 168 Å². The average molecular weight is 395 g/mol. The van der Waals surface area contributed by atoms with Crippen LogP contribution in [0.4, 0.5) is 17.2 Å². The van der Waals surface area contributed by atoms with Gasteiger partial charge in [-0.1, -0.05) is 29.8 Å². The van der Waals surface area contributed by atoms with E-state index in [1.165, 1.54) is 18.0 Å². The van der Waals surface area contributed by atoms with Crippen molar-refractivity contribution in [1.29, 1.82) is 0 Å². The molecule has 6 nitrogen and oxygen atoms in total. The molecular formula is C21H19ClN4O2. The van der Waals surface area contributed by atoms with E-state index in [0.717, 1.165) is 18.5 Å². The van der Waals surface area contributed by atoms with Gasteiger partial charge in [0.25, 0.3) is 5.91 Å². The maximum absolute atomic E-state index is 12.9. The predicted octanol–water partition coefficient (Wildman–Crippen LogP) is 4.48. The van der Waals surface area contributed by atoms with E-state index >= 15 is 0 Å². The molecule has 0 saturated carbocycles. The normalized spacial score (nSPS) is 13.0. The second kappa shape index (κ2) is 7.86. The molecule has 1 amide bonds. The number of methoxy groups -OCH3 is 1. The minimum atomic E-state index is -0.147. The lowest BCUT2D eigenvalue weighted by atomic mass is 10.0. The van der Waals surface area contributed by atoms with Gasteiger partial charge >= 0.3 is 0 Å². The first-order valence-corrected chi connectivity index (χ1v) is 9.36. The molecule has 142 valence electrons. The zero-order valence-corrected chi connectivity index (χ0v) is 16.1. The zero-order valence-electron chi connectivity index (χ0n) is 15.4. The molecule has 3 aromatic rings. The van der Waals surface area contributed by atoms with Crippen LogP contribution in [0.5, 0.6) is 5.75 Å². The molecule has 1 aliphatic heterocycles. The molecule has 2 heterocycles. The van der Waals surface area contributed by atoms with Crippen molar-refractivity contribution in [3.8, 4) is 5.75 Å². The molecule has 7 heteroatoms. The van der Waals surface area contributed by atoms with Crippen molar-refractivity contribution in [2.75, 3.05) is 23.9 Å². The highest BCUT2D eigenvalue weighted by Gasteiger charge is 2.24. The molecule has 2 aromatic carbocycles. The summed E-state index contributed by atoms with van der Waals surface area (Å²) < 4.78 is 5.32. The van der Waals surface area contributed by atoms with E-state index in [0.29, 0.717) is 34.5 Å². The maximum atomic E-state index is 12.9. The summed E-state index contributed by atoms with van der Waals surface area (Å²) in [6.07, 6.45) is 4.93. The highest BCUT2D eigenvalue weighted by Crippen LogP contribution is 2.30. The van der Waals surface area contributed by atoms with Gasteiger partial charge in [0.1, 0.15) is 17.3 Å². The van der Waals surface area contributed by atoms with E-state index in [1.807, 2.05) is 18.2 Å². The Bertz CT molecular complexity index is 1010. The standard InChI is InChI=1S/C21H19ClN4O2/c1-28-19-9-8-15(22)11-16(19)25-20-13-23-17(12-24-20)21(27)26-10-4-6-14-5-2-3-7-18(14)26/h2-3,5,7-9,11-13H,4,6,10H2,1H3,(H,24,25). The fourth-order valence-corrected chi connectivity index (χ4v) is 3.47. The Morgan fingerprint density at radius 3 is 2.82 bits per heavy atom. The second-order valence-corrected chi connectivity index (χ2v) is 6.88. The molecule has 0 bridgehead atoms. The molecule has 0 atom stereocenters. The van der Waals surface area contributed by atoms with E-state index in [2.05, 4.69) is 21.4 Å². The zero-order chi connectivity index (χ0) is 19.5. The van der Waals surface area contributed by atoms with Gasteiger partial charge < -0.3 is 15.0 Å². The van der Waals surface area contributed by atoms with Crippen molar-refractivity contribution >= 4 is 34.7 Å². The van der Waals surface area contributed by atoms with Gasteiger partial charge in [0.15, 0.2) is 0 Å². The van der Waals surface area contributed by atoms with Crippen LogP contribution in [0.1, 0.15) is 22.5 Å². The topological polar surface area (TPSA) is 67.3 Å². The van der Waals surface area contributed by atoms with Crippen molar-refractivity contribution in [3.63, 3.8) is 0 Å². The quantitative estimate of drug-likeness (QED) is 0.706. The van der Waals surface area contributed by atoms with Gasteiger partial charge in [-0.3, -0.25) is 4.79 Å². The number of halogens is 1. The first-order valence-electron chi connectivity index (χ1n) is 8.98. The molecule has 0 radical (unpaired) electrons. The van der Waals surface area contributed by atoms with E-state index in [9.17, 15) is 4.79 Å². The second-order valence-electron chi connectivity index (χ2n) is 6.45. The Morgan fingerprint density at radius 2 is 2.04 bits per heavy atom. The number of anilines is 3. The van der Waals surface area contributed by atoms with Crippen LogP contribution in [0.3, 0.4) is 0 Å². The summed E-state index contributed by atoms with van der Waals surface area (Å²) in [7, 11) is 1.58. The molecular weight excluding hydrogens is 376 g/mol. The van der Waals surface area contributed by atoms with Crippen LogP contribution in [0.25, 0.3) is 0 Å². The van der Waals surface area contributed by atoms with Crippen LogP contribution in [-0.4, -0.2) is 29.5 Å². The smallest absolute Gasteiger partial charge is 0.278 e. The fourth-order valence-electron chi connectivity index (χ4n) is 3.30. The van der Waals surface area contributed by atoms with Crippen LogP contribution >= 0.6 is 11.6 Å². The molecule has 0 fully saturated rings. The average Bonchev–Trinajstić information content (AvgIpc) is 2.73. The van der Waals surface area contributed by atoms with Crippen molar-refractivity contribution in [1.82, 2.24) is 9.97 Å². The van der Waals surface area contributed by atoms with E-state index < -0.39 is 0 Å². The summed E-state index contributed by atoms with van der Waals surface area (Å²) in [5.74, 6) is 0.985. The van der Waals surface area contributed by atoms with Crippen LogP contribution in [0.2, 0.25) is 5.02 Å². The number of benzene rings is 2. The molecule has 1 aliphatic rings. The van der Waals surface area contributed by atoms with E-state index in [4.69, 9.17) is 16.3 Å². The number of aromatic nitrogens is 2. The van der Waals surface area contributed by atoms with E-state index in [-0.39, 0.29) is 5.91 Å². The van der Waals surface area contributed by atoms with Gasteiger partial charge in [-0.15, -0.1) is 0 Å². The minimum Gasteiger partial charge on any atom is -0.495 e. The number of hydrogen-bond acceptors (Lipinski definition) is 5. The number of hydrogen-bond donors (Lipinski definition) is 1. The first kappa shape index (κ1) is 18.3. The lowest BCUT2D eigenvalue weighted by Crippen LogP contribution is -2.36. The molecule has 28 heavy (non-hydrogen) atoms. The molecule has 0 aliphatic carbocycles. The first-order chi connectivity index (χ1) is 13.7. The summed E-state index contributed by atoms with van der Waals surface area (Å²) >= 11 is 6.05. The number of nitrogens with zero attached hydrogens (tertiary/aromatic N) is 3.